The van der Waals surface area contributed by atoms with Crippen molar-refractivity contribution < 1.29 is 5.21 Å². The van der Waals surface area contributed by atoms with Crippen LogP contribution in [0.5, 0.6) is 0 Å². The van der Waals surface area contributed by atoms with Crippen LogP contribution in [0.1, 0.15) is 5.82 Å². The van der Waals surface area contributed by atoms with E-state index in [4.69, 9.17) is 5.21 Å². The van der Waals surface area contributed by atoms with E-state index in [0.29, 0.717) is 6.54 Å². The van der Waals surface area contributed by atoms with Gasteiger partial charge in [-0.25, -0.2) is 4.98 Å². The van der Waals surface area contributed by atoms with Gasteiger partial charge in [-0.05, 0) is 0 Å². The maximum atomic E-state index is 8.83. The predicted molar refractivity (Wildman–Crippen MR) is 36.5 cm³/mol. The Labute approximate surface area is 59.7 Å². The summed E-state index contributed by atoms with van der Waals surface area (Å²) >= 11 is 0. The van der Waals surface area contributed by atoms with Gasteiger partial charge in [0, 0.05) is 26.5 Å². The molecule has 0 aliphatic rings. The number of hydrogen-bond acceptors (Lipinski definition) is 3. The van der Waals surface area contributed by atoms with Crippen molar-refractivity contribution >= 4 is 0 Å². The zero-order valence-electron chi connectivity index (χ0n) is 6.15. The summed E-state index contributed by atoms with van der Waals surface area (Å²) in [4.78, 5) is 4.02. The molecule has 10 heavy (non-hydrogen) atoms. The van der Waals surface area contributed by atoms with Crippen LogP contribution in [0.25, 0.3) is 0 Å². The van der Waals surface area contributed by atoms with Gasteiger partial charge in [-0.1, -0.05) is 0 Å². The van der Waals surface area contributed by atoms with Gasteiger partial charge in [-0.3, -0.25) is 0 Å². The van der Waals surface area contributed by atoms with Crippen molar-refractivity contribution in [1.29, 1.82) is 0 Å². The predicted octanol–water partition coefficient (Wildman–Crippen LogP) is 0.241. The molecule has 56 valence electrons. The van der Waals surface area contributed by atoms with E-state index in [2.05, 4.69) is 4.98 Å². The molecule has 1 N–H and O–H groups in total. The smallest absolute Gasteiger partial charge is 0.125 e. The summed E-state index contributed by atoms with van der Waals surface area (Å²) in [6, 6.07) is 0. The van der Waals surface area contributed by atoms with Crippen molar-refractivity contribution in [3.8, 4) is 0 Å². The van der Waals surface area contributed by atoms with Gasteiger partial charge in [0.15, 0.2) is 0 Å². The number of hydrogen-bond donors (Lipinski definition) is 1. The van der Waals surface area contributed by atoms with Crippen LogP contribution in [-0.2, 0) is 13.6 Å². The third kappa shape index (κ3) is 1.55. The third-order valence-electron chi connectivity index (χ3n) is 1.29. The van der Waals surface area contributed by atoms with Crippen molar-refractivity contribution in [3.05, 3.63) is 18.2 Å². The number of nitrogens with zero attached hydrogens (tertiary/aromatic N) is 3. The fourth-order valence-corrected chi connectivity index (χ4v) is 0.754. The molecule has 1 aromatic rings. The average molecular weight is 141 g/mol. The summed E-state index contributed by atoms with van der Waals surface area (Å²) < 4.78 is 1.87. The largest absolute Gasteiger partial charge is 0.337 e. The zero-order chi connectivity index (χ0) is 7.56. The van der Waals surface area contributed by atoms with Crippen LogP contribution in [0, 0.1) is 0 Å². The number of imidazole rings is 1. The summed E-state index contributed by atoms with van der Waals surface area (Å²) in [6.45, 7) is 0.462. The molecule has 1 rings (SSSR count). The van der Waals surface area contributed by atoms with Gasteiger partial charge in [0.25, 0.3) is 0 Å². The van der Waals surface area contributed by atoms with Crippen molar-refractivity contribution in [2.75, 3.05) is 7.05 Å². The van der Waals surface area contributed by atoms with E-state index in [9.17, 15) is 0 Å². The number of hydroxylamine groups is 2. The van der Waals surface area contributed by atoms with E-state index in [1.807, 2.05) is 17.8 Å². The molecular weight excluding hydrogens is 130 g/mol. The summed E-state index contributed by atoms with van der Waals surface area (Å²) in [5.74, 6) is 0.852. The highest BCUT2D eigenvalue weighted by Crippen LogP contribution is 1.95. The topological polar surface area (TPSA) is 41.3 Å². The van der Waals surface area contributed by atoms with Gasteiger partial charge in [0.1, 0.15) is 5.82 Å². The number of rotatable bonds is 2. The first-order valence-electron chi connectivity index (χ1n) is 3.06. The minimum Gasteiger partial charge on any atom is -0.337 e. The number of aromatic nitrogens is 2. The Kier molecular flexibility index (Phi) is 2.03. The Morgan fingerprint density at radius 1 is 1.80 bits per heavy atom. The molecule has 0 spiro atoms. The summed E-state index contributed by atoms with van der Waals surface area (Å²) in [7, 11) is 3.49. The zero-order valence-corrected chi connectivity index (χ0v) is 6.15. The highest BCUT2D eigenvalue weighted by molar-refractivity contribution is 4.89. The summed E-state index contributed by atoms with van der Waals surface area (Å²) in [6.07, 6.45) is 3.55. The van der Waals surface area contributed by atoms with Crippen LogP contribution in [0.3, 0.4) is 0 Å². The first-order valence-corrected chi connectivity index (χ1v) is 3.06. The Morgan fingerprint density at radius 2 is 2.50 bits per heavy atom. The second-order valence-corrected chi connectivity index (χ2v) is 2.27. The molecule has 1 heterocycles. The number of aryl methyl sites for hydroxylation is 1. The van der Waals surface area contributed by atoms with Crippen molar-refractivity contribution in [2.24, 2.45) is 7.05 Å². The normalized spacial score (nSPS) is 10.8. The van der Waals surface area contributed by atoms with Crippen LogP contribution >= 0.6 is 0 Å². The highest BCUT2D eigenvalue weighted by Gasteiger charge is 1.99. The van der Waals surface area contributed by atoms with Crippen LogP contribution in [0.4, 0.5) is 0 Å². The minimum atomic E-state index is 0.462. The maximum absolute atomic E-state index is 8.83. The summed E-state index contributed by atoms with van der Waals surface area (Å²) in [5, 5.41) is 9.93. The van der Waals surface area contributed by atoms with Gasteiger partial charge in [-0.15, -0.1) is 0 Å². The molecule has 0 radical (unpaired) electrons. The molecular formula is C6H11N3O. The Balaban J connectivity index is 2.65. The molecule has 1 aromatic heterocycles. The fourth-order valence-electron chi connectivity index (χ4n) is 0.754. The lowest BCUT2D eigenvalue weighted by molar-refractivity contribution is -0.0755. The van der Waals surface area contributed by atoms with Crippen molar-refractivity contribution in [3.63, 3.8) is 0 Å². The Bertz CT molecular complexity index is 207. The van der Waals surface area contributed by atoms with Crippen molar-refractivity contribution in [1.82, 2.24) is 14.6 Å². The molecule has 0 atom stereocenters. The van der Waals surface area contributed by atoms with Crippen molar-refractivity contribution in [2.45, 2.75) is 6.54 Å². The van der Waals surface area contributed by atoms with Crippen LogP contribution in [0.2, 0.25) is 0 Å². The fraction of sp³-hybridized carbons (Fsp3) is 0.500. The maximum Gasteiger partial charge on any atom is 0.125 e. The SMILES string of the molecule is CN(O)Cc1nccn1C. The van der Waals surface area contributed by atoms with Gasteiger partial charge < -0.3 is 9.77 Å². The molecule has 0 bridgehead atoms. The lowest BCUT2D eigenvalue weighted by atomic mass is 10.6. The first-order chi connectivity index (χ1) is 4.70. The third-order valence-corrected chi connectivity index (χ3v) is 1.29. The molecule has 0 fully saturated rings. The minimum absolute atomic E-state index is 0.462. The van der Waals surface area contributed by atoms with E-state index in [-0.39, 0.29) is 0 Å². The molecule has 0 aliphatic heterocycles. The monoisotopic (exact) mass is 141 g/mol. The van der Waals surface area contributed by atoms with E-state index < -0.39 is 0 Å². The molecule has 0 saturated heterocycles. The van der Waals surface area contributed by atoms with E-state index >= 15 is 0 Å². The highest BCUT2D eigenvalue weighted by atomic mass is 16.5. The van der Waals surface area contributed by atoms with Gasteiger partial charge >= 0.3 is 0 Å². The summed E-state index contributed by atoms with van der Waals surface area (Å²) in [5.41, 5.74) is 0. The van der Waals surface area contributed by atoms with Gasteiger partial charge in [-0.2, -0.15) is 5.06 Å². The molecule has 4 nitrogen and oxygen atoms in total. The van der Waals surface area contributed by atoms with Gasteiger partial charge in [0.05, 0.1) is 6.54 Å². The molecule has 0 aliphatic carbocycles. The molecule has 0 saturated carbocycles. The second kappa shape index (κ2) is 2.81. The van der Waals surface area contributed by atoms with Crippen LogP contribution in [0.15, 0.2) is 12.4 Å². The van der Waals surface area contributed by atoms with E-state index in [1.165, 1.54) is 0 Å². The Hall–Kier alpha value is -0.870. The average Bonchev–Trinajstić information content (AvgIpc) is 2.15. The van der Waals surface area contributed by atoms with Crippen LogP contribution in [-0.4, -0.2) is 26.9 Å². The van der Waals surface area contributed by atoms with Gasteiger partial charge in [0.2, 0.25) is 0 Å². The molecule has 0 amide bonds. The quantitative estimate of drug-likeness (QED) is 0.600. The lowest BCUT2D eigenvalue weighted by Crippen LogP contribution is -2.14. The molecule has 0 unspecified atom stereocenters. The Morgan fingerprint density at radius 3 is 2.90 bits per heavy atom. The van der Waals surface area contributed by atoms with E-state index in [0.717, 1.165) is 10.9 Å². The lowest BCUT2D eigenvalue weighted by Gasteiger charge is -2.06. The van der Waals surface area contributed by atoms with Crippen LogP contribution < -0.4 is 0 Å². The molecule has 4 heteroatoms. The van der Waals surface area contributed by atoms with E-state index in [1.54, 1.807) is 13.2 Å². The second-order valence-electron chi connectivity index (χ2n) is 2.27. The standard InChI is InChI=1S/C6H11N3O/c1-8-4-3-7-6(8)5-9(2)10/h3-4,10H,5H2,1-2H3. The molecule has 0 aromatic carbocycles. The first kappa shape index (κ1) is 7.24.